The molecule has 0 aromatic heterocycles. The zero-order valence-electron chi connectivity index (χ0n) is 7.46. The van der Waals surface area contributed by atoms with Gasteiger partial charge in [0, 0.05) is 12.8 Å². The Balaban J connectivity index is 2.51. The summed E-state index contributed by atoms with van der Waals surface area (Å²) in [6.07, 6.45) is 0.139. The summed E-state index contributed by atoms with van der Waals surface area (Å²) in [5.41, 5.74) is -1.88. The van der Waals surface area contributed by atoms with Gasteiger partial charge in [-0.3, -0.25) is 4.79 Å². The molecule has 0 unspecified atom stereocenters. The minimum Gasteiger partial charge on any atom is -0.437 e. The minimum atomic E-state index is -1.88. The van der Waals surface area contributed by atoms with Gasteiger partial charge in [0.25, 0.3) is 5.24 Å². The first kappa shape index (κ1) is 11.0. The highest BCUT2D eigenvalue weighted by Crippen LogP contribution is 2.28. The van der Waals surface area contributed by atoms with Gasteiger partial charge in [-0.25, -0.2) is 4.39 Å². The van der Waals surface area contributed by atoms with E-state index in [1.807, 2.05) is 0 Å². The van der Waals surface area contributed by atoms with Crippen LogP contribution in [-0.4, -0.2) is 40.9 Å². The van der Waals surface area contributed by atoms with Crippen LogP contribution in [0.4, 0.5) is 4.39 Å². The number of hydrogen-bond donors (Lipinski definition) is 1. The van der Waals surface area contributed by atoms with Crippen LogP contribution in [0.2, 0.25) is 6.82 Å². The van der Waals surface area contributed by atoms with Gasteiger partial charge >= 0.3 is 7.05 Å². The van der Waals surface area contributed by atoms with Crippen LogP contribution in [0.1, 0.15) is 12.8 Å². The Kier molecular flexibility index (Phi) is 3.32. The summed E-state index contributed by atoms with van der Waals surface area (Å²) in [6.45, 7) is 2.35. The Morgan fingerprint density at radius 2 is 2.08 bits per heavy atom. The van der Waals surface area contributed by atoms with E-state index in [-0.39, 0.29) is 12.8 Å². The third-order valence-electron chi connectivity index (χ3n) is 2.47. The van der Waals surface area contributed by atoms with Crippen molar-refractivity contribution >= 4 is 23.9 Å². The van der Waals surface area contributed by atoms with Crippen LogP contribution >= 0.6 is 11.6 Å². The Morgan fingerprint density at radius 3 is 2.38 bits per heavy atom. The number of carbonyl (C=O) groups is 1. The van der Waals surface area contributed by atoms with E-state index in [2.05, 4.69) is 0 Å². The molecule has 0 aliphatic carbocycles. The summed E-state index contributed by atoms with van der Waals surface area (Å²) < 4.78 is 13.5. The van der Waals surface area contributed by atoms with E-state index < -0.39 is 18.0 Å². The van der Waals surface area contributed by atoms with E-state index >= 15 is 0 Å². The Bertz CT molecular complexity index is 207. The van der Waals surface area contributed by atoms with Crippen LogP contribution in [0.25, 0.3) is 0 Å². The SMILES string of the molecule is CB(O)N1CCC(F)(C(=O)Cl)CC1. The zero-order chi connectivity index (χ0) is 10.1. The van der Waals surface area contributed by atoms with Crippen molar-refractivity contribution in [1.29, 1.82) is 0 Å². The van der Waals surface area contributed by atoms with Gasteiger partial charge in [0.15, 0.2) is 5.67 Å². The third kappa shape index (κ3) is 2.42. The highest BCUT2D eigenvalue weighted by molar-refractivity contribution is 6.65. The van der Waals surface area contributed by atoms with E-state index in [1.165, 1.54) is 0 Å². The Hall–Kier alpha value is -0.125. The molecule has 0 amide bonds. The molecule has 13 heavy (non-hydrogen) atoms. The second kappa shape index (κ2) is 3.94. The fourth-order valence-corrected chi connectivity index (χ4v) is 1.64. The number of alkyl halides is 1. The van der Waals surface area contributed by atoms with E-state index in [9.17, 15) is 14.2 Å². The summed E-state index contributed by atoms with van der Waals surface area (Å²) in [4.78, 5) is 12.4. The smallest absolute Gasteiger partial charge is 0.376 e. The van der Waals surface area contributed by atoms with Crippen LogP contribution in [-0.2, 0) is 4.79 Å². The van der Waals surface area contributed by atoms with Gasteiger partial charge in [-0.2, -0.15) is 0 Å². The molecule has 74 valence electrons. The largest absolute Gasteiger partial charge is 0.437 e. The number of halogens is 2. The molecule has 3 nitrogen and oxygen atoms in total. The fraction of sp³-hybridized carbons (Fsp3) is 0.857. The molecule has 1 N–H and O–H groups in total. The third-order valence-corrected chi connectivity index (χ3v) is 2.81. The van der Waals surface area contributed by atoms with Gasteiger partial charge < -0.3 is 9.83 Å². The molecule has 1 saturated heterocycles. The van der Waals surface area contributed by atoms with E-state index in [0.717, 1.165) is 0 Å². The van der Waals surface area contributed by atoms with Crippen LogP contribution in [0.5, 0.6) is 0 Å². The van der Waals surface area contributed by atoms with Crippen molar-refractivity contribution in [3.05, 3.63) is 0 Å². The molecule has 0 atom stereocenters. The van der Waals surface area contributed by atoms with Gasteiger partial charge in [0.1, 0.15) is 0 Å². The predicted octanol–water partition coefficient (Wildman–Crippen LogP) is 0.666. The van der Waals surface area contributed by atoms with Crippen molar-refractivity contribution < 1.29 is 14.2 Å². The predicted molar refractivity (Wildman–Crippen MR) is 49.3 cm³/mol. The second-order valence-electron chi connectivity index (χ2n) is 3.41. The Morgan fingerprint density at radius 1 is 1.62 bits per heavy atom. The molecule has 0 saturated carbocycles. The molecule has 1 aliphatic heterocycles. The van der Waals surface area contributed by atoms with Crippen molar-refractivity contribution in [2.24, 2.45) is 0 Å². The molecular formula is C7H12BClFNO2. The molecule has 0 bridgehead atoms. The summed E-state index contributed by atoms with van der Waals surface area (Å²) in [5.74, 6) is 0. The van der Waals surface area contributed by atoms with Gasteiger partial charge in [-0.05, 0) is 31.5 Å². The lowest BCUT2D eigenvalue weighted by Crippen LogP contribution is -2.49. The minimum absolute atomic E-state index is 0.0697. The topological polar surface area (TPSA) is 40.5 Å². The molecule has 6 heteroatoms. The average Bonchev–Trinajstić information content (AvgIpc) is 2.04. The summed E-state index contributed by atoms with van der Waals surface area (Å²) in [7, 11) is -0.588. The van der Waals surface area contributed by atoms with Gasteiger partial charge in [-0.1, -0.05) is 0 Å². The maximum absolute atomic E-state index is 13.5. The van der Waals surface area contributed by atoms with E-state index in [0.29, 0.717) is 13.1 Å². The lowest BCUT2D eigenvalue weighted by Gasteiger charge is -2.34. The number of carbonyl (C=O) groups excluding carboxylic acids is 1. The molecule has 0 aromatic carbocycles. The monoisotopic (exact) mass is 207 g/mol. The lowest BCUT2D eigenvalue weighted by atomic mass is 9.80. The van der Waals surface area contributed by atoms with E-state index in [4.69, 9.17) is 11.6 Å². The molecular weight excluding hydrogens is 195 g/mol. The molecule has 1 aliphatic rings. The maximum atomic E-state index is 13.5. The summed E-state index contributed by atoms with van der Waals surface area (Å²) in [5, 5.41) is 8.25. The molecule has 1 heterocycles. The fourth-order valence-electron chi connectivity index (χ4n) is 1.45. The normalized spacial score (nSPS) is 22.8. The van der Waals surface area contributed by atoms with Crippen LogP contribution in [0, 0.1) is 0 Å². The quantitative estimate of drug-likeness (QED) is 0.534. The highest BCUT2D eigenvalue weighted by atomic mass is 35.5. The lowest BCUT2D eigenvalue weighted by molar-refractivity contribution is -0.124. The van der Waals surface area contributed by atoms with Crippen molar-refractivity contribution in [2.75, 3.05) is 13.1 Å². The van der Waals surface area contributed by atoms with E-state index in [1.54, 1.807) is 11.6 Å². The average molecular weight is 207 g/mol. The number of rotatable bonds is 2. The van der Waals surface area contributed by atoms with Crippen LogP contribution in [0.15, 0.2) is 0 Å². The van der Waals surface area contributed by atoms with Gasteiger partial charge in [0.05, 0.1) is 0 Å². The first-order valence-corrected chi connectivity index (χ1v) is 4.64. The van der Waals surface area contributed by atoms with Gasteiger partial charge in [-0.15, -0.1) is 0 Å². The highest BCUT2D eigenvalue weighted by Gasteiger charge is 2.41. The van der Waals surface area contributed by atoms with Crippen molar-refractivity contribution in [2.45, 2.75) is 25.3 Å². The molecule has 1 fully saturated rings. The number of hydrogen-bond acceptors (Lipinski definition) is 3. The van der Waals surface area contributed by atoms with Crippen molar-refractivity contribution in [3.63, 3.8) is 0 Å². The molecule has 0 spiro atoms. The molecule has 1 rings (SSSR count). The molecule has 0 radical (unpaired) electrons. The summed E-state index contributed by atoms with van der Waals surface area (Å²) in [6, 6.07) is 0. The zero-order valence-corrected chi connectivity index (χ0v) is 8.22. The Labute approximate surface area is 82.0 Å². The standard InChI is InChI=1S/C7H12BClFNO2/c1-8(13)11-4-2-7(10,3-5-11)6(9)12/h13H,2-5H2,1H3. The summed E-state index contributed by atoms with van der Waals surface area (Å²) >= 11 is 5.13. The number of piperidine rings is 1. The maximum Gasteiger partial charge on any atom is 0.376 e. The molecule has 0 aromatic rings. The van der Waals surface area contributed by atoms with Crippen molar-refractivity contribution in [1.82, 2.24) is 4.81 Å². The first-order valence-electron chi connectivity index (χ1n) is 4.27. The van der Waals surface area contributed by atoms with Crippen molar-refractivity contribution in [3.8, 4) is 0 Å². The second-order valence-corrected chi connectivity index (χ2v) is 3.75. The van der Waals surface area contributed by atoms with Crippen LogP contribution in [0.3, 0.4) is 0 Å². The van der Waals surface area contributed by atoms with Crippen LogP contribution < -0.4 is 0 Å². The first-order chi connectivity index (χ1) is 5.96. The van der Waals surface area contributed by atoms with Gasteiger partial charge in [0.2, 0.25) is 0 Å². The number of nitrogens with zero attached hydrogens (tertiary/aromatic N) is 1.